The van der Waals surface area contributed by atoms with Crippen LogP contribution >= 0.6 is 31.9 Å². The molecule has 0 aliphatic carbocycles. The Balaban J connectivity index is 0.000000122. The minimum absolute atomic E-state index is 1.15. The van der Waals surface area contributed by atoms with Crippen LogP contribution in [-0.4, -0.2) is 131 Å². The molecule has 0 amide bonds. The molecule has 28 heavy (non-hydrogen) atoms. The van der Waals surface area contributed by atoms with E-state index in [4.69, 9.17) is 0 Å². The Hall–Kier alpha value is 0.120. The molecule has 0 N–H and O–H groups in total. The van der Waals surface area contributed by atoms with Gasteiger partial charge in [0.05, 0.1) is 40.0 Å². The quantitative estimate of drug-likeness (QED) is 0.508. The van der Waals surface area contributed by atoms with Crippen molar-refractivity contribution >= 4 is 31.9 Å². The maximum absolute atomic E-state index is 3.36. The van der Waals surface area contributed by atoms with E-state index in [1.807, 2.05) is 9.97 Å². The largest absolute Gasteiger partial charge is 0.283 e. The van der Waals surface area contributed by atoms with E-state index < -0.39 is 0 Å². The number of quaternary nitrogens is 2. The SMILES string of the molecule is Br/C=C/C[N+]12CN3CN(CN(C3)C1)C2.Br/C=C/C[N+]12CN3CN(CN(C3)C1)C2. The molecule has 8 aliphatic rings. The molecule has 0 spiro atoms. The molecule has 0 aromatic heterocycles. The topological polar surface area (TPSA) is 19.4 Å². The van der Waals surface area contributed by atoms with Crippen molar-refractivity contribution in [1.82, 2.24) is 29.4 Å². The summed E-state index contributed by atoms with van der Waals surface area (Å²) in [7, 11) is 0. The average molecular weight is 520 g/mol. The van der Waals surface area contributed by atoms with Crippen LogP contribution in [0.3, 0.4) is 0 Å². The Bertz CT molecular complexity index is 515. The lowest BCUT2D eigenvalue weighted by atomic mass is 10.3. The summed E-state index contributed by atoms with van der Waals surface area (Å²) < 4.78 is 2.39. The minimum Gasteiger partial charge on any atom is -0.283 e. The zero-order valence-electron chi connectivity index (χ0n) is 16.5. The second-order valence-electron chi connectivity index (χ2n) is 9.49. The van der Waals surface area contributed by atoms with E-state index in [0.29, 0.717) is 0 Å². The molecule has 0 aromatic rings. The Labute approximate surface area is 185 Å². The third-order valence-electron chi connectivity index (χ3n) is 6.56. The average Bonchev–Trinajstić information content (AvgIpc) is 2.63. The van der Waals surface area contributed by atoms with Gasteiger partial charge in [-0.2, -0.15) is 0 Å². The van der Waals surface area contributed by atoms with Gasteiger partial charge in [-0.15, -0.1) is 0 Å². The lowest BCUT2D eigenvalue weighted by Gasteiger charge is -2.60. The summed E-state index contributed by atoms with van der Waals surface area (Å²) in [5.74, 6) is 0. The van der Waals surface area contributed by atoms with Crippen molar-refractivity contribution in [2.24, 2.45) is 0 Å². The van der Waals surface area contributed by atoms with E-state index in [1.54, 1.807) is 0 Å². The molecule has 10 heteroatoms. The zero-order chi connectivity index (χ0) is 19.2. The summed E-state index contributed by atoms with van der Waals surface area (Å²) >= 11 is 6.72. The highest BCUT2D eigenvalue weighted by atomic mass is 79.9. The normalized spacial score (nSPS) is 50.5. The van der Waals surface area contributed by atoms with Crippen LogP contribution in [0.4, 0.5) is 0 Å². The van der Waals surface area contributed by atoms with Gasteiger partial charge in [0.2, 0.25) is 0 Å². The molecule has 0 saturated carbocycles. The van der Waals surface area contributed by atoms with E-state index in [2.05, 4.69) is 73.4 Å². The highest BCUT2D eigenvalue weighted by Gasteiger charge is 2.48. The Morgan fingerprint density at radius 3 is 0.964 bits per heavy atom. The number of rotatable bonds is 4. The third-order valence-corrected chi connectivity index (χ3v) is 7.31. The van der Waals surface area contributed by atoms with Gasteiger partial charge in [-0.3, -0.25) is 8.97 Å². The first kappa shape index (κ1) is 20.0. The number of nitrogens with zero attached hydrogens (tertiary/aromatic N) is 8. The van der Waals surface area contributed by atoms with Gasteiger partial charge in [-0.25, -0.2) is 29.4 Å². The van der Waals surface area contributed by atoms with Crippen molar-refractivity contribution in [3.63, 3.8) is 0 Å². The summed E-state index contributed by atoms with van der Waals surface area (Å²) in [5.41, 5.74) is 0. The summed E-state index contributed by atoms with van der Waals surface area (Å²) in [6.45, 7) is 16.7. The van der Waals surface area contributed by atoms with Crippen molar-refractivity contribution in [3.05, 3.63) is 22.1 Å². The third kappa shape index (κ3) is 4.01. The molecular weight excluding hydrogens is 488 g/mol. The minimum atomic E-state index is 1.15. The smallest absolute Gasteiger partial charge is 0.139 e. The molecule has 8 bridgehead atoms. The lowest BCUT2D eigenvalue weighted by Crippen LogP contribution is -2.79. The summed E-state index contributed by atoms with van der Waals surface area (Å²) in [5, 5.41) is 0. The maximum Gasteiger partial charge on any atom is 0.139 e. The van der Waals surface area contributed by atoms with Gasteiger partial charge in [0.25, 0.3) is 0 Å². The van der Waals surface area contributed by atoms with Gasteiger partial charge < -0.3 is 0 Å². The van der Waals surface area contributed by atoms with Gasteiger partial charge >= 0.3 is 0 Å². The molecule has 8 aliphatic heterocycles. The fourth-order valence-corrected chi connectivity index (χ4v) is 6.52. The van der Waals surface area contributed by atoms with Crippen LogP contribution in [0.1, 0.15) is 0 Å². The van der Waals surface area contributed by atoms with Crippen LogP contribution in [0.15, 0.2) is 22.1 Å². The van der Waals surface area contributed by atoms with E-state index in [9.17, 15) is 0 Å². The fourth-order valence-electron chi connectivity index (χ4n) is 6.19. The summed E-state index contributed by atoms with van der Waals surface area (Å²) in [6, 6.07) is 0. The van der Waals surface area contributed by atoms with Gasteiger partial charge in [0, 0.05) is 0 Å². The Morgan fingerprint density at radius 1 is 0.500 bits per heavy atom. The molecule has 156 valence electrons. The first-order valence-electron chi connectivity index (χ1n) is 10.1. The molecule has 0 unspecified atom stereocenters. The highest BCUT2D eigenvalue weighted by molar-refractivity contribution is 9.11. The Kier molecular flexibility index (Phi) is 5.72. The molecule has 8 fully saturated rings. The molecule has 8 saturated heterocycles. The van der Waals surface area contributed by atoms with E-state index in [0.717, 1.165) is 13.1 Å². The van der Waals surface area contributed by atoms with Crippen molar-refractivity contribution in [1.29, 1.82) is 0 Å². The van der Waals surface area contributed by atoms with Crippen LogP contribution in [0.2, 0.25) is 0 Å². The molecule has 0 atom stereocenters. The van der Waals surface area contributed by atoms with Crippen LogP contribution in [0.5, 0.6) is 0 Å². The van der Waals surface area contributed by atoms with E-state index in [1.165, 1.54) is 89.0 Å². The molecule has 0 radical (unpaired) electrons. The molecular formula is C18H32Br2N8+2. The van der Waals surface area contributed by atoms with Crippen molar-refractivity contribution in [2.75, 3.05) is 93.1 Å². The van der Waals surface area contributed by atoms with Crippen LogP contribution in [0.25, 0.3) is 0 Å². The molecule has 0 aromatic carbocycles. The highest BCUT2D eigenvalue weighted by Crippen LogP contribution is 2.29. The molecule has 8 heterocycles. The molecule has 8 nitrogen and oxygen atoms in total. The van der Waals surface area contributed by atoms with Gasteiger partial charge in [0.15, 0.2) is 0 Å². The van der Waals surface area contributed by atoms with Gasteiger partial charge in [-0.05, 0) is 22.1 Å². The number of hydrogen-bond acceptors (Lipinski definition) is 6. The van der Waals surface area contributed by atoms with Crippen molar-refractivity contribution < 1.29 is 8.97 Å². The van der Waals surface area contributed by atoms with Crippen molar-refractivity contribution in [2.45, 2.75) is 0 Å². The first-order chi connectivity index (χ1) is 13.6. The molecule has 8 rings (SSSR count). The standard InChI is InChI=1S/2C9H16BrN4/c2*10-2-1-3-14-7-11-4-12(8-14)6-13(5-11)9-14/h2*1-2H,3-9H2/q2*+1/b2*2-1+. The number of halogens is 2. The second-order valence-corrected chi connectivity index (χ2v) is 10.6. The predicted molar refractivity (Wildman–Crippen MR) is 116 cm³/mol. The monoisotopic (exact) mass is 518 g/mol. The fraction of sp³-hybridized carbons (Fsp3) is 0.778. The van der Waals surface area contributed by atoms with Crippen LogP contribution in [0, 0.1) is 0 Å². The van der Waals surface area contributed by atoms with Crippen LogP contribution < -0.4 is 0 Å². The first-order valence-corrected chi connectivity index (χ1v) is 12.0. The van der Waals surface area contributed by atoms with E-state index in [-0.39, 0.29) is 0 Å². The Morgan fingerprint density at radius 2 is 0.750 bits per heavy atom. The number of hydrogen-bond donors (Lipinski definition) is 0. The van der Waals surface area contributed by atoms with Gasteiger partial charge in [-0.1, -0.05) is 31.9 Å². The summed E-state index contributed by atoms with van der Waals surface area (Å²) in [6.07, 6.45) is 4.47. The van der Waals surface area contributed by atoms with Crippen LogP contribution in [-0.2, 0) is 0 Å². The maximum atomic E-state index is 3.36. The predicted octanol–water partition coefficient (Wildman–Crippen LogP) is 0.807. The van der Waals surface area contributed by atoms with Crippen molar-refractivity contribution in [3.8, 4) is 0 Å². The second kappa shape index (κ2) is 7.99. The zero-order valence-corrected chi connectivity index (χ0v) is 19.7. The summed E-state index contributed by atoms with van der Waals surface area (Å²) in [4.78, 5) is 19.2. The van der Waals surface area contributed by atoms with Gasteiger partial charge in [0.1, 0.15) is 53.1 Å². The lowest BCUT2D eigenvalue weighted by molar-refractivity contribution is -0.975. The van der Waals surface area contributed by atoms with E-state index >= 15 is 0 Å².